The Labute approximate surface area is 134 Å². The van der Waals surface area contributed by atoms with Gasteiger partial charge in [-0.2, -0.15) is 0 Å². The number of aryl methyl sites for hydroxylation is 1. The molecule has 0 radical (unpaired) electrons. The number of nitrogens with zero attached hydrogens (tertiary/aromatic N) is 1. The SMILES string of the molecule is CCCCC.CCCCCCCn1c(=O)[nH]c2ccccc21. The minimum atomic E-state index is 0.0155. The summed E-state index contributed by atoms with van der Waals surface area (Å²) in [5.74, 6) is 0. The van der Waals surface area contributed by atoms with Crippen LogP contribution in [0.1, 0.15) is 72.1 Å². The maximum Gasteiger partial charge on any atom is 0.326 e. The number of H-pyrrole nitrogens is 1. The second kappa shape index (κ2) is 11.1. The second-order valence-electron chi connectivity index (χ2n) is 5.87. The topological polar surface area (TPSA) is 37.8 Å². The van der Waals surface area contributed by atoms with Crippen molar-refractivity contribution >= 4 is 11.0 Å². The molecule has 3 nitrogen and oxygen atoms in total. The van der Waals surface area contributed by atoms with Gasteiger partial charge < -0.3 is 4.98 Å². The third-order valence-corrected chi connectivity index (χ3v) is 3.87. The van der Waals surface area contributed by atoms with Gasteiger partial charge >= 0.3 is 5.69 Å². The molecule has 2 rings (SSSR count). The number of imidazole rings is 1. The Morgan fingerprint density at radius 3 is 2.14 bits per heavy atom. The van der Waals surface area contributed by atoms with E-state index in [1.165, 1.54) is 44.9 Å². The molecule has 0 aliphatic carbocycles. The van der Waals surface area contributed by atoms with Gasteiger partial charge in [-0.3, -0.25) is 4.57 Å². The van der Waals surface area contributed by atoms with Gasteiger partial charge in [-0.1, -0.05) is 77.8 Å². The molecule has 0 saturated heterocycles. The molecule has 0 amide bonds. The van der Waals surface area contributed by atoms with E-state index in [1.54, 1.807) is 0 Å². The minimum absolute atomic E-state index is 0.0155. The van der Waals surface area contributed by atoms with Gasteiger partial charge in [0.05, 0.1) is 11.0 Å². The highest BCUT2D eigenvalue weighted by atomic mass is 16.1. The van der Waals surface area contributed by atoms with E-state index in [2.05, 4.69) is 25.8 Å². The van der Waals surface area contributed by atoms with Gasteiger partial charge in [0.2, 0.25) is 0 Å². The summed E-state index contributed by atoms with van der Waals surface area (Å²) >= 11 is 0. The van der Waals surface area contributed by atoms with E-state index in [4.69, 9.17) is 0 Å². The molecule has 1 aromatic carbocycles. The molecule has 0 spiro atoms. The van der Waals surface area contributed by atoms with Crippen LogP contribution in [-0.4, -0.2) is 9.55 Å². The number of para-hydroxylation sites is 2. The van der Waals surface area contributed by atoms with Crippen molar-refractivity contribution < 1.29 is 0 Å². The predicted molar refractivity (Wildman–Crippen MR) is 96.5 cm³/mol. The summed E-state index contributed by atoms with van der Waals surface area (Å²) in [4.78, 5) is 14.7. The van der Waals surface area contributed by atoms with Crippen molar-refractivity contribution in [1.82, 2.24) is 9.55 Å². The fourth-order valence-electron chi connectivity index (χ4n) is 2.56. The number of rotatable bonds is 8. The van der Waals surface area contributed by atoms with Gasteiger partial charge in [-0.05, 0) is 18.6 Å². The number of aromatic nitrogens is 2. The highest BCUT2D eigenvalue weighted by molar-refractivity contribution is 5.74. The lowest BCUT2D eigenvalue weighted by atomic mass is 10.1. The van der Waals surface area contributed by atoms with Crippen LogP contribution in [0.15, 0.2) is 29.1 Å². The molecule has 22 heavy (non-hydrogen) atoms. The third kappa shape index (κ3) is 6.08. The molecule has 0 unspecified atom stereocenters. The molecule has 0 aliphatic heterocycles. The molecule has 0 atom stereocenters. The molecule has 3 heteroatoms. The summed E-state index contributed by atoms with van der Waals surface area (Å²) < 4.78 is 1.85. The lowest BCUT2D eigenvalue weighted by molar-refractivity contribution is 0.567. The van der Waals surface area contributed by atoms with Crippen molar-refractivity contribution in [2.45, 2.75) is 78.7 Å². The fraction of sp³-hybridized carbons (Fsp3) is 0.632. The van der Waals surface area contributed by atoms with Gasteiger partial charge in [0.1, 0.15) is 0 Å². The van der Waals surface area contributed by atoms with Crippen molar-refractivity contribution in [2.75, 3.05) is 0 Å². The molecule has 0 aliphatic rings. The average molecular weight is 304 g/mol. The predicted octanol–water partition coefficient (Wildman–Crippen LogP) is 5.50. The number of hydrogen-bond acceptors (Lipinski definition) is 1. The highest BCUT2D eigenvalue weighted by Gasteiger charge is 2.04. The number of nitrogens with one attached hydrogen (secondary N) is 1. The number of benzene rings is 1. The minimum Gasteiger partial charge on any atom is -0.306 e. The van der Waals surface area contributed by atoms with Gasteiger partial charge in [-0.25, -0.2) is 4.79 Å². The van der Waals surface area contributed by atoms with E-state index in [9.17, 15) is 4.79 Å². The van der Waals surface area contributed by atoms with Crippen molar-refractivity contribution in [3.8, 4) is 0 Å². The number of aromatic amines is 1. The molecule has 1 aromatic heterocycles. The Hall–Kier alpha value is -1.51. The molecule has 0 saturated carbocycles. The van der Waals surface area contributed by atoms with Crippen LogP contribution in [0, 0.1) is 0 Å². The maximum atomic E-state index is 11.8. The normalized spacial score (nSPS) is 10.5. The summed E-state index contributed by atoms with van der Waals surface area (Å²) in [7, 11) is 0. The van der Waals surface area contributed by atoms with Gasteiger partial charge in [0.25, 0.3) is 0 Å². The summed E-state index contributed by atoms with van der Waals surface area (Å²) in [5.41, 5.74) is 1.97. The zero-order valence-corrected chi connectivity index (χ0v) is 14.5. The zero-order valence-electron chi connectivity index (χ0n) is 14.5. The summed E-state index contributed by atoms with van der Waals surface area (Å²) in [6.45, 7) is 7.46. The van der Waals surface area contributed by atoms with Crippen molar-refractivity contribution in [2.24, 2.45) is 0 Å². The molecule has 0 fully saturated rings. The molecule has 0 bridgehead atoms. The van der Waals surface area contributed by atoms with E-state index in [1.807, 2.05) is 28.8 Å². The Bertz CT molecular complexity index is 566. The molecule has 1 heterocycles. The average Bonchev–Trinajstić information content (AvgIpc) is 2.84. The molecule has 1 N–H and O–H groups in total. The van der Waals surface area contributed by atoms with Crippen LogP contribution in [0.4, 0.5) is 0 Å². The van der Waals surface area contributed by atoms with Crippen LogP contribution < -0.4 is 5.69 Å². The Morgan fingerprint density at radius 2 is 1.50 bits per heavy atom. The lowest BCUT2D eigenvalue weighted by Gasteiger charge is -2.03. The fourth-order valence-corrected chi connectivity index (χ4v) is 2.56. The van der Waals surface area contributed by atoms with Crippen LogP contribution in [0.3, 0.4) is 0 Å². The monoisotopic (exact) mass is 304 g/mol. The first-order valence-electron chi connectivity index (χ1n) is 8.92. The number of hydrogen-bond donors (Lipinski definition) is 1. The smallest absolute Gasteiger partial charge is 0.306 e. The Kier molecular flexibility index (Phi) is 9.36. The van der Waals surface area contributed by atoms with E-state index in [0.29, 0.717) is 0 Å². The van der Waals surface area contributed by atoms with E-state index >= 15 is 0 Å². The second-order valence-corrected chi connectivity index (χ2v) is 5.87. The van der Waals surface area contributed by atoms with Crippen LogP contribution in [-0.2, 0) is 6.54 Å². The summed E-state index contributed by atoms with van der Waals surface area (Å²) in [6.07, 6.45) is 10.2. The first-order valence-corrected chi connectivity index (χ1v) is 8.92. The van der Waals surface area contributed by atoms with E-state index in [-0.39, 0.29) is 5.69 Å². The van der Waals surface area contributed by atoms with Crippen molar-refractivity contribution in [3.05, 3.63) is 34.7 Å². The summed E-state index contributed by atoms with van der Waals surface area (Å²) in [5, 5.41) is 0. The van der Waals surface area contributed by atoms with Gasteiger partial charge in [0.15, 0.2) is 0 Å². The van der Waals surface area contributed by atoms with Crippen LogP contribution in [0.2, 0.25) is 0 Å². The van der Waals surface area contributed by atoms with Crippen LogP contribution in [0.25, 0.3) is 11.0 Å². The highest BCUT2D eigenvalue weighted by Crippen LogP contribution is 2.10. The number of unbranched alkanes of at least 4 members (excludes halogenated alkanes) is 6. The standard InChI is InChI=1S/C14H20N2O.C5H12/c1-2-3-4-5-8-11-16-13-10-7-6-9-12(13)15-14(16)17;1-3-5-4-2/h6-7,9-10H,2-5,8,11H2,1H3,(H,15,17);3-5H2,1-2H3. The Morgan fingerprint density at radius 1 is 0.864 bits per heavy atom. The van der Waals surface area contributed by atoms with Gasteiger partial charge in [-0.15, -0.1) is 0 Å². The quantitative estimate of drug-likeness (QED) is 0.643. The number of fused-ring (bicyclic) bond motifs is 1. The first kappa shape index (κ1) is 18.5. The van der Waals surface area contributed by atoms with Gasteiger partial charge in [0, 0.05) is 6.54 Å². The first-order chi connectivity index (χ1) is 10.7. The lowest BCUT2D eigenvalue weighted by Crippen LogP contribution is -2.16. The third-order valence-electron chi connectivity index (χ3n) is 3.87. The van der Waals surface area contributed by atoms with E-state index < -0.39 is 0 Å². The molecular formula is C19H32N2O. The molecule has 2 aromatic rings. The van der Waals surface area contributed by atoms with Crippen molar-refractivity contribution in [1.29, 1.82) is 0 Å². The summed E-state index contributed by atoms with van der Waals surface area (Å²) in [6, 6.07) is 7.87. The van der Waals surface area contributed by atoms with Crippen molar-refractivity contribution in [3.63, 3.8) is 0 Å². The van der Waals surface area contributed by atoms with Crippen LogP contribution >= 0.6 is 0 Å². The molecule has 124 valence electrons. The molecular weight excluding hydrogens is 272 g/mol. The zero-order chi connectivity index (χ0) is 16.2. The Balaban J connectivity index is 0.000000422. The maximum absolute atomic E-state index is 11.8. The largest absolute Gasteiger partial charge is 0.326 e. The van der Waals surface area contributed by atoms with E-state index in [0.717, 1.165) is 24.0 Å². The van der Waals surface area contributed by atoms with Crippen LogP contribution in [0.5, 0.6) is 0 Å².